The van der Waals surface area contributed by atoms with Crippen molar-refractivity contribution in [1.29, 1.82) is 0 Å². The van der Waals surface area contributed by atoms with Gasteiger partial charge in [-0.3, -0.25) is 0 Å². The molecule has 30 heavy (non-hydrogen) atoms. The third-order valence-electron chi connectivity index (χ3n) is 5.67. The van der Waals surface area contributed by atoms with E-state index in [1.807, 2.05) is 22.3 Å². The van der Waals surface area contributed by atoms with Crippen molar-refractivity contribution in [2.75, 3.05) is 6.54 Å². The molecule has 0 saturated heterocycles. The SMILES string of the molecule is CCc1nn2c(C)cc(C)nc2c1Cc1ccc(-n2cc(CN3C=CC3)cn2)cc1. The minimum atomic E-state index is 0.828. The topological polar surface area (TPSA) is 51.3 Å². The Morgan fingerprint density at radius 3 is 2.57 bits per heavy atom. The van der Waals surface area contributed by atoms with Crippen LogP contribution in [0, 0.1) is 13.8 Å². The lowest BCUT2D eigenvalue weighted by Gasteiger charge is -2.24. The number of fused-ring (bicyclic) bond motifs is 1. The number of hydrogen-bond donors (Lipinski definition) is 0. The Morgan fingerprint density at radius 1 is 1.07 bits per heavy atom. The van der Waals surface area contributed by atoms with Crippen LogP contribution in [0.15, 0.2) is 55.0 Å². The number of nitrogens with zero attached hydrogens (tertiary/aromatic N) is 6. The first-order valence-corrected chi connectivity index (χ1v) is 10.5. The van der Waals surface area contributed by atoms with Crippen molar-refractivity contribution >= 4 is 5.65 Å². The molecule has 4 aromatic rings. The van der Waals surface area contributed by atoms with E-state index < -0.39 is 0 Å². The molecule has 0 atom stereocenters. The minimum absolute atomic E-state index is 0.828. The van der Waals surface area contributed by atoms with Crippen LogP contribution in [0.2, 0.25) is 0 Å². The van der Waals surface area contributed by atoms with Crippen molar-refractivity contribution < 1.29 is 0 Å². The summed E-state index contributed by atoms with van der Waals surface area (Å²) in [6, 6.07) is 10.7. The molecule has 0 aliphatic carbocycles. The van der Waals surface area contributed by atoms with Gasteiger partial charge in [0.15, 0.2) is 5.65 Å². The van der Waals surface area contributed by atoms with Gasteiger partial charge < -0.3 is 4.90 Å². The highest BCUT2D eigenvalue weighted by Crippen LogP contribution is 2.22. The van der Waals surface area contributed by atoms with Gasteiger partial charge in [0.1, 0.15) is 0 Å². The van der Waals surface area contributed by atoms with Crippen LogP contribution in [-0.2, 0) is 19.4 Å². The fourth-order valence-electron chi connectivity index (χ4n) is 4.03. The largest absolute Gasteiger partial charge is 0.369 e. The Labute approximate surface area is 176 Å². The van der Waals surface area contributed by atoms with Crippen molar-refractivity contribution in [3.63, 3.8) is 0 Å². The predicted octanol–water partition coefficient (Wildman–Crippen LogP) is 4.01. The highest BCUT2D eigenvalue weighted by molar-refractivity contribution is 5.54. The van der Waals surface area contributed by atoms with Crippen molar-refractivity contribution in [3.8, 4) is 5.69 Å². The van der Waals surface area contributed by atoms with Crippen LogP contribution in [0.4, 0.5) is 0 Å². The van der Waals surface area contributed by atoms with E-state index in [1.54, 1.807) is 0 Å². The van der Waals surface area contributed by atoms with Gasteiger partial charge in [-0.1, -0.05) is 19.1 Å². The molecule has 6 heteroatoms. The number of aromatic nitrogens is 5. The first kappa shape index (κ1) is 18.6. The Balaban J connectivity index is 1.39. The van der Waals surface area contributed by atoms with E-state index in [2.05, 4.69) is 72.7 Å². The molecule has 0 saturated carbocycles. The normalized spacial score (nSPS) is 13.2. The lowest BCUT2D eigenvalue weighted by Crippen LogP contribution is -2.23. The van der Waals surface area contributed by atoms with Gasteiger partial charge in [-0.05, 0) is 56.3 Å². The number of hydrogen-bond acceptors (Lipinski definition) is 4. The first-order chi connectivity index (χ1) is 14.6. The average molecular weight is 399 g/mol. The monoisotopic (exact) mass is 398 g/mol. The number of aryl methyl sites for hydroxylation is 3. The molecule has 1 aromatic carbocycles. The van der Waals surface area contributed by atoms with Gasteiger partial charge in [0.05, 0.1) is 17.6 Å². The van der Waals surface area contributed by atoms with Crippen LogP contribution in [-0.4, -0.2) is 35.8 Å². The summed E-state index contributed by atoms with van der Waals surface area (Å²) in [5.74, 6) is 0. The molecule has 0 fully saturated rings. The highest BCUT2D eigenvalue weighted by Gasteiger charge is 2.15. The van der Waals surface area contributed by atoms with Crippen molar-refractivity contribution in [2.24, 2.45) is 0 Å². The molecule has 3 aromatic heterocycles. The van der Waals surface area contributed by atoms with Gasteiger partial charge >= 0.3 is 0 Å². The summed E-state index contributed by atoms with van der Waals surface area (Å²) in [4.78, 5) is 7.05. The zero-order chi connectivity index (χ0) is 20.7. The maximum Gasteiger partial charge on any atom is 0.159 e. The molecule has 0 unspecified atom stereocenters. The van der Waals surface area contributed by atoms with Crippen molar-refractivity contribution in [1.82, 2.24) is 29.3 Å². The lowest BCUT2D eigenvalue weighted by atomic mass is 10.0. The summed E-state index contributed by atoms with van der Waals surface area (Å²) in [7, 11) is 0. The van der Waals surface area contributed by atoms with E-state index in [0.717, 1.165) is 54.3 Å². The van der Waals surface area contributed by atoms with Crippen LogP contribution in [0.5, 0.6) is 0 Å². The maximum absolute atomic E-state index is 4.80. The smallest absolute Gasteiger partial charge is 0.159 e. The maximum atomic E-state index is 4.80. The molecule has 0 bridgehead atoms. The molecule has 0 spiro atoms. The molecule has 0 N–H and O–H groups in total. The Morgan fingerprint density at radius 2 is 1.87 bits per heavy atom. The van der Waals surface area contributed by atoms with Crippen molar-refractivity contribution in [3.05, 3.63) is 88.8 Å². The Kier molecular flexibility index (Phi) is 4.62. The zero-order valence-corrected chi connectivity index (χ0v) is 17.7. The minimum Gasteiger partial charge on any atom is -0.369 e. The Bertz CT molecular complexity index is 1230. The van der Waals surface area contributed by atoms with E-state index in [9.17, 15) is 0 Å². The summed E-state index contributed by atoms with van der Waals surface area (Å²) in [5.41, 5.74) is 9.02. The molecule has 4 heterocycles. The number of rotatable bonds is 6. The third kappa shape index (κ3) is 3.38. The lowest BCUT2D eigenvalue weighted by molar-refractivity contribution is 0.368. The molecule has 1 aliphatic heterocycles. The second-order valence-corrected chi connectivity index (χ2v) is 8.00. The van der Waals surface area contributed by atoms with Crippen LogP contribution in [0.25, 0.3) is 11.3 Å². The van der Waals surface area contributed by atoms with Crippen LogP contribution in [0.3, 0.4) is 0 Å². The van der Waals surface area contributed by atoms with E-state index in [-0.39, 0.29) is 0 Å². The second-order valence-electron chi connectivity index (χ2n) is 8.00. The summed E-state index contributed by atoms with van der Waals surface area (Å²) >= 11 is 0. The highest BCUT2D eigenvalue weighted by atomic mass is 15.3. The summed E-state index contributed by atoms with van der Waals surface area (Å²) < 4.78 is 3.93. The molecule has 1 aliphatic rings. The average Bonchev–Trinajstić information content (AvgIpc) is 3.31. The summed E-state index contributed by atoms with van der Waals surface area (Å²) in [6.07, 6.45) is 10.1. The number of benzene rings is 1. The van der Waals surface area contributed by atoms with E-state index in [1.165, 1.54) is 16.7 Å². The molecule has 0 amide bonds. The van der Waals surface area contributed by atoms with E-state index >= 15 is 0 Å². The summed E-state index contributed by atoms with van der Waals surface area (Å²) in [6.45, 7) is 8.22. The first-order valence-electron chi connectivity index (χ1n) is 10.5. The van der Waals surface area contributed by atoms with Gasteiger partial charge in [-0.2, -0.15) is 10.2 Å². The quantitative estimate of drug-likeness (QED) is 0.492. The molecule has 152 valence electrons. The predicted molar refractivity (Wildman–Crippen MR) is 118 cm³/mol. The fourth-order valence-corrected chi connectivity index (χ4v) is 4.03. The van der Waals surface area contributed by atoms with Crippen LogP contribution in [0.1, 0.15) is 40.7 Å². The van der Waals surface area contributed by atoms with Gasteiger partial charge in [-0.25, -0.2) is 14.2 Å². The molecular formula is C24H26N6. The third-order valence-corrected chi connectivity index (χ3v) is 5.67. The molecular weight excluding hydrogens is 372 g/mol. The van der Waals surface area contributed by atoms with Crippen LogP contribution >= 0.6 is 0 Å². The molecule has 5 rings (SSSR count). The second kappa shape index (κ2) is 7.44. The van der Waals surface area contributed by atoms with Gasteiger partial charge in [-0.15, -0.1) is 0 Å². The van der Waals surface area contributed by atoms with E-state index in [0.29, 0.717) is 0 Å². The Hall–Kier alpha value is -3.41. The molecule has 6 nitrogen and oxygen atoms in total. The van der Waals surface area contributed by atoms with Crippen molar-refractivity contribution in [2.45, 2.75) is 40.2 Å². The fraction of sp³-hybridized carbons (Fsp3) is 0.292. The standard InChI is InChI=1S/C24H26N6/c1-4-23-22(24-26-17(2)12-18(3)30(24)27-23)13-19-6-8-21(9-7-19)29-16-20(14-25-29)15-28-10-5-11-28/h5-10,12,14,16H,4,11,13,15H2,1-3H3. The van der Waals surface area contributed by atoms with Gasteiger partial charge in [0.25, 0.3) is 0 Å². The van der Waals surface area contributed by atoms with Gasteiger partial charge in [0.2, 0.25) is 0 Å². The van der Waals surface area contributed by atoms with Gasteiger partial charge in [0, 0.05) is 48.2 Å². The van der Waals surface area contributed by atoms with Crippen LogP contribution < -0.4 is 0 Å². The molecule has 0 radical (unpaired) electrons. The summed E-state index contributed by atoms with van der Waals surface area (Å²) in [5, 5.41) is 9.34. The zero-order valence-electron chi connectivity index (χ0n) is 17.7. The van der Waals surface area contributed by atoms with E-state index in [4.69, 9.17) is 10.1 Å².